The number of hydrogen-bond acceptors (Lipinski definition) is 6. The molecule has 0 spiro atoms. The molecule has 0 atom stereocenters. The van der Waals surface area contributed by atoms with Crippen molar-refractivity contribution in [1.29, 1.82) is 0 Å². The first-order valence-corrected chi connectivity index (χ1v) is 5.59. The molecule has 0 bridgehead atoms. The van der Waals surface area contributed by atoms with Gasteiger partial charge in [0.2, 0.25) is 0 Å². The van der Waals surface area contributed by atoms with E-state index in [4.69, 9.17) is 10.9 Å². The highest BCUT2D eigenvalue weighted by Crippen LogP contribution is 1.97. The Morgan fingerprint density at radius 2 is 2.44 bits per heavy atom. The lowest BCUT2D eigenvalue weighted by Crippen LogP contribution is -2.25. The van der Waals surface area contributed by atoms with Gasteiger partial charge >= 0.3 is 0 Å². The minimum Gasteiger partial charge on any atom is -0.409 e. The lowest BCUT2D eigenvalue weighted by Gasteiger charge is -2.02. The van der Waals surface area contributed by atoms with Gasteiger partial charge in [-0.05, 0) is 24.4 Å². The van der Waals surface area contributed by atoms with Crippen LogP contribution in [0.25, 0.3) is 0 Å². The molecule has 1 aromatic heterocycles. The summed E-state index contributed by atoms with van der Waals surface area (Å²) >= 11 is 1.14. The Labute approximate surface area is 96.5 Å². The summed E-state index contributed by atoms with van der Waals surface area (Å²) in [7, 11) is 0. The van der Waals surface area contributed by atoms with Crippen LogP contribution in [0.3, 0.4) is 0 Å². The van der Waals surface area contributed by atoms with Gasteiger partial charge in [-0.3, -0.25) is 4.79 Å². The van der Waals surface area contributed by atoms with E-state index in [0.717, 1.165) is 24.4 Å². The predicted octanol–water partition coefficient (Wildman–Crippen LogP) is 0.185. The number of oxime groups is 1. The van der Waals surface area contributed by atoms with Gasteiger partial charge in [-0.2, -0.15) is 0 Å². The van der Waals surface area contributed by atoms with E-state index in [2.05, 4.69) is 20.1 Å². The largest absolute Gasteiger partial charge is 0.409 e. The standard InChI is InChI=1S/C8H13N5O2S/c9-7(12-15)3-1-2-4-10-8(14)6-5-16-13-11-6/h5,15H,1-4H2,(H2,9,12)(H,10,14). The molecule has 0 radical (unpaired) electrons. The molecule has 0 fully saturated rings. The molecule has 16 heavy (non-hydrogen) atoms. The van der Waals surface area contributed by atoms with Gasteiger partial charge in [0.15, 0.2) is 5.69 Å². The van der Waals surface area contributed by atoms with Crippen molar-refractivity contribution in [2.45, 2.75) is 19.3 Å². The molecule has 0 aliphatic rings. The molecule has 0 saturated carbocycles. The molecule has 0 saturated heterocycles. The third-order valence-corrected chi connectivity index (χ3v) is 2.37. The van der Waals surface area contributed by atoms with Crippen molar-refractivity contribution in [3.63, 3.8) is 0 Å². The number of unbranched alkanes of at least 4 members (excludes halogenated alkanes) is 1. The van der Waals surface area contributed by atoms with Crippen LogP contribution in [0.1, 0.15) is 29.8 Å². The van der Waals surface area contributed by atoms with Gasteiger partial charge in [0.1, 0.15) is 5.84 Å². The van der Waals surface area contributed by atoms with Crippen molar-refractivity contribution < 1.29 is 10.0 Å². The lowest BCUT2D eigenvalue weighted by molar-refractivity contribution is 0.0948. The van der Waals surface area contributed by atoms with Crippen LogP contribution in [0.15, 0.2) is 10.5 Å². The van der Waals surface area contributed by atoms with Gasteiger partial charge < -0.3 is 16.3 Å². The molecule has 0 aromatic carbocycles. The summed E-state index contributed by atoms with van der Waals surface area (Å²) in [5, 5.41) is 19.1. The van der Waals surface area contributed by atoms with Gasteiger partial charge in [0, 0.05) is 18.3 Å². The molecule has 0 unspecified atom stereocenters. The van der Waals surface area contributed by atoms with Crippen LogP contribution in [-0.4, -0.2) is 33.1 Å². The monoisotopic (exact) mass is 243 g/mol. The first kappa shape index (κ1) is 12.4. The zero-order valence-corrected chi connectivity index (χ0v) is 9.40. The summed E-state index contributed by atoms with van der Waals surface area (Å²) in [6.07, 6.45) is 2.04. The number of nitrogens with two attached hydrogens (primary N) is 1. The highest BCUT2D eigenvalue weighted by molar-refractivity contribution is 7.03. The van der Waals surface area contributed by atoms with E-state index >= 15 is 0 Å². The number of aromatic nitrogens is 2. The second-order valence-corrected chi connectivity index (χ2v) is 3.70. The van der Waals surface area contributed by atoms with E-state index in [1.807, 2.05) is 0 Å². The smallest absolute Gasteiger partial charge is 0.272 e. The molecule has 8 heteroatoms. The van der Waals surface area contributed by atoms with Crippen LogP contribution in [0.2, 0.25) is 0 Å². The molecular formula is C8H13N5O2S. The maximum atomic E-state index is 11.4. The Hall–Kier alpha value is -1.70. The van der Waals surface area contributed by atoms with Crippen molar-refractivity contribution in [1.82, 2.24) is 14.9 Å². The summed E-state index contributed by atoms with van der Waals surface area (Å²) < 4.78 is 3.59. The van der Waals surface area contributed by atoms with E-state index in [0.29, 0.717) is 18.7 Å². The van der Waals surface area contributed by atoms with E-state index in [1.54, 1.807) is 5.38 Å². The van der Waals surface area contributed by atoms with Crippen LogP contribution >= 0.6 is 11.5 Å². The Morgan fingerprint density at radius 3 is 3.06 bits per heavy atom. The second-order valence-electron chi connectivity index (χ2n) is 3.09. The summed E-state index contributed by atoms with van der Waals surface area (Å²) in [6, 6.07) is 0. The third-order valence-electron chi connectivity index (χ3n) is 1.87. The molecule has 7 nitrogen and oxygen atoms in total. The SMILES string of the molecule is NC(CCCCNC(=O)c1csnn1)=NO. The number of carbonyl (C=O) groups excluding carboxylic acids is 1. The van der Waals surface area contributed by atoms with Crippen LogP contribution in [0.4, 0.5) is 0 Å². The van der Waals surface area contributed by atoms with Crippen molar-refractivity contribution >= 4 is 23.3 Å². The lowest BCUT2D eigenvalue weighted by atomic mass is 10.2. The predicted molar refractivity (Wildman–Crippen MR) is 59.5 cm³/mol. The zero-order valence-electron chi connectivity index (χ0n) is 8.59. The zero-order chi connectivity index (χ0) is 11.8. The minimum atomic E-state index is -0.224. The molecule has 0 aliphatic carbocycles. The van der Waals surface area contributed by atoms with Gasteiger partial charge in [-0.15, -0.1) is 5.10 Å². The first-order valence-electron chi connectivity index (χ1n) is 4.75. The number of nitrogens with one attached hydrogen (secondary N) is 1. The van der Waals surface area contributed by atoms with E-state index < -0.39 is 0 Å². The number of nitrogens with zero attached hydrogens (tertiary/aromatic N) is 3. The molecule has 4 N–H and O–H groups in total. The average molecular weight is 243 g/mol. The summed E-state index contributed by atoms with van der Waals surface area (Å²) in [4.78, 5) is 11.4. The van der Waals surface area contributed by atoms with Crippen molar-refractivity contribution in [2.75, 3.05) is 6.54 Å². The number of hydrogen-bond donors (Lipinski definition) is 3. The number of rotatable bonds is 6. The van der Waals surface area contributed by atoms with E-state index in [1.165, 1.54) is 0 Å². The Morgan fingerprint density at radius 1 is 1.62 bits per heavy atom. The van der Waals surface area contributed by atoms with Gasteiger partial charge in [0.05, 0.1) is 0 Å². The van der Waals surface area contributed by atoms with Crippen molar-refractivity contribution in [2.24, 2.45) is 10.9 Å². The fourth-order valence-electron chi connectivity index (χ4n) is 1.04. The van der Waals surface area contributed by atoms with E-state index in [-0.39, 0.29) is 11.7 Å². The Kier molecular flexibility index (Phi) is 5.20. The molecular weight excluding hydrogens is 230 g/mol. The highest BCUT2D eigenvalue weighted by Gasteiger charge is 2.06. The number of amidine groups is 1. The molecule has 1 aromatic rings. The highest BCUT2D eigenvalue weighted by atomic mass is 32.1. The van der Waals surface area contributed by atoms with Crippen molar-refractivity contribution in [3.05, 3.63) is 11.1 Å². The van der Waals surface area contributed by atoms with Crippen LogP contribution in [0.5, 0.6) is 0 Å². The van der Waals surface area contributed by atoms with Gasteiger partial charge in [0.25, 0.3) is 5.91 Å². The molecule has 88 valence electrons. The maximum absolute atomic E-state index is 11.4. The normalized spacial score (nSPS) is 11.4. The second kappa shape index (κ2) is 6.72. The molecule has 1 amide bonds. The van der Waals surface area contributed by atoms with E-state index in [9.17, 15) is 4.79 Å². The average Bonchev–Trinajstić information content (AvgIpc) is 2.81. The number of carbonyl (C=O) groups is 1. The third kappa shape index (κ3) is 4.22. The fraction of sp³-hybridized carbons (Fsp3) is 0.500. The summed E-state index contributed by atoms with van der Waals surface area (Å²) in [6.45, 7) is 0.537. The maximum Gasteiger partial charge on any atom is 0.272 e. The Bertz CT molecular complexity index is 351. The summed E-state index contributed by atoms with van der Waals surface area (Å²) in [5.41, 5.74) is 5.62. The number of amides is 1. The molecule has 1 rings (SSSR count). The fourth-order valence-corrected chi connectivity index (χ4v) is 1.47. The first-order chi connectivity index (χ1) is 7.74. The molecule has 0 aliphatic heterocycles. The minimum absolute atomic E-state index is 0.204. The van der Waals surface area contributed by atoms with Gasteiger partial charge in [-0.1, -0.05) is 9.64 Å². The van der Waals surface area contributed by atoms with Crippen LogP contribution in [0, 0.1) is 0 Å². The molecule has 1 heterocycles. The Balaban J connectivity index is 2.10. The van der Waals surface area contributed by atoms with Gasteiger partial charge in [-0.25, -0.2) is 0 Å². The van der Waals surface area contributed by atoms with Crippen molar-refractivity contribution in [3.8, 4) is 0 Å². The summed E-state index contributed by atoms with van der Waals surface area (Å²) in [5.74, 6) is -0.0208. The van der Waals surface area contributed by atoms with Crippen LogP contribution < -0.4 is 11.1 Å². The quantitative estimate of drug-likeness (QED) is 0.217. The topological polar surface area (TPSA) is 113 Å². The van der Waals surface area contributed by atoms with Crippen LogP contribution in [-0.2, 0) is 0 Å².